The number of rotatable bonds is 5. The number of nitrogens with one attached hydrogen (secondary N) is 1. The first-order valence-corrected chi connectivity index (χ1v) is 7.48. The van der Waals surface area contributed by atoms with Crippen LogP contribution in [0.4, 0.5) is 5.69 Å². The fourth-order valence-electron chi connectivity index (χ4n) is 1.91. The Hall–Kier alpha value is -2.67. The number of nitrogens with zero attached hydrogens (tertiary/aromatic N) is 2. The van der Waals surface area contributed by atoms with Crippen molar-refractivity contribution in [3.05, 3.63) is 47.0 Å². The van der Waals surface area contributed by atoms with Crippen molar-refractivity contribution in [1.82, 2.24) is 10.2 Å². The molecule has 1 N–H and O–H groups in total. The van der Waals surface area contributed by atoms with E-state index in [4.69, 9.17) is 9.15 Å². The van der Waals surface area contributed by atoms with E-state index >= 15 is 0 Å². The molecule has 3 rings (SSSR count). The van der Waals surface area contributed by atoms with Gasteiger partial charge in [-0.15, -0.1) is 10.2 Å². The monoisotopic (exact) mass is 315 g/mol. The molecule has 2 heterocycles. The Morgan fingerprint density at radius 2 is 2.18 bits per heavy atom. The topological polar surface area (TPSA) is 77.2 Å². The minimum Gasteiger partial charge on any atom is -0.495 e. The number of carbonyl (C=O) groups excluding carboxylic acids is 1. The molecule has 1 amide bonds. The minimum atomic E-state index is -0.245. The second kappa shape index (κ2) is 6.40. The number of para-hydroxylation sites is 2. The van der Waals surface area contributed by atoms with Crippen LogP contribution in [0.1, 0.15) is 5.89 Å². The Balaban J connectivity index is 1.67. The molecule has 3 aromatic rings. The maximum Gasteiger partial charge on any atom is 0.248 e. The molecule has 2 aromatic heterocycles. The summed E-state index contributed by atoms with van der Waals surface area (Å²) in [5.74, 6) is 1.04. The van der Waals surface area contributed by atoms with E-state index in [1.54, 1.807) is 30.6 Å². The summed E-state index contributed by atoms with van der Waals surface area (Å²) in [6.07, 6.45) is 0.00911. The van der Waals surface area contributed by atoms with Gasteiger partial charge in [-0.2, -0.15) is 11.3 Å². The summed E-state index contributed by atoms with van der Waals surface area (Å²) in [7, 11) is 1.55. The van der Waals surface area contributed by atoms with Crippen molar-refractivity contribution in [3.8, 4) is 17.2 Å². The van der Waals surface area contributed by atoms with Crippen LogP contribution in [0, 0.1) is 0 Å². The highest BCUT2D eigenvalue weighted by atomic mass is 32.1. The zero-order chi connectivity index (χ0) is 15.4. The van der Waals surface area contributed by atoms with Gasteiger partial charge in [-0.05, 0) is 23.6 Å². The number of hydrogen-bond acceptors (Lipinski definition) is 6. The summed E-state index contributed by atoms with van der Waals surface area (Å²) in [5.41, 5.74) is 1.46. The average Bonchev–Trinajstić information content (AvgIpc) is 3.18. The van der Waals surface area contributed by atoms with Crippen LogP contribution < -0.4 is 10.1 Å². The predicted molar refractivity (Wildman–Crippen MR) is 82.9 cm³/mol. The predicted octanol–water partition coefficient (Wildman–Crippen LogP) is 2.99. The number of anilines is 1. The molecule has 0 spiro atoms. The largest absolute Gasteiger partial charge is 0.495 e. The van der Waals surface area contributed by atoms with Gasteiger partial charge in [0.15, 0.2) is 0 Å². The van der Waals surface area contributed by atoms with E-state index in [2.05, 4.69) is 15.5 Å². The van der Waals surface area contributed by atoms with Crippen LogP contribution >= 0.6 is 11.3 Å². The van der Waals surface area contributed by atoms with Gasteiger partial charge in [0.05, 0.1) is 12.8 Å². The molecule has 0 aliphatic rings. The highest BCUT2D eigenvalue weighted by Gasteiger charge is 2.14. The highest BCUT2D eigenvalue weighted by molar-refractivity contribution is 7.08. The Kier molecular flexibility index (Phi) is 4.15. The molecule has 0 atom stereocenters. The summed E-state index contributed by atoms with van der Waals surface area (Å²) >= 11 is 1.54. The summed E-state index contributed by atoms with van der Waals surface area (Å²) in [6.45, 7) is 0. The molecule has 22 heavy (non-hydrogen) atoms. The van der Waals surface area contributed by atoms with E-state index in [1.165, 1.54) is 0 Å². The van der Waals surface area contributed by atoms with Crippen molar-refractivity contribution in [3.63, 3.8) is 0 Å². The number of amides is 1. The fourth-order valence-corrected chi connectivity index (χ4v) is 2.54. The van der Waals surface area contributed by atoms with Gasteiger partial charge in [-0.25, -0.2) is 0 Å². The van der Waals surface area contributed by atoms with Crippen LogP contribution in [0.3, 0.4) is 0 Å². The fraction of sp³-hybridized carbons (Fsp3) is 0.133. The lowest BCUT2D eigenvalue weighted by atomic mass is 10.3. The second-order valence-electron chi connectivity index (χ2n) is 4.44. The third-order valence-electron chi connectivity index (χ3n) is 2.93. The molecule has 0 radical (unpaired) electrons. The number of thiophene rings is 1. The molecule has 1 aromatic carbocycles. The van der Waals surface area contributed by atoms with Crippen LogP contribution in [0.5, 0.6) is 5.75 Å². The lowest BCUT2D eigenvalue weighted by Crippen LogP contribution is -2.15. The number of benzene rings is 1. The average molecular weight is 315 g/mol. The van der Waals surface area contributed by atoms with Gasteiger partial charge in [0, 0.05) is 10.9 Å². The maximum atomic E-state index is 12.1. The van der Waals surface area contributed by atoms with Gasteiger partial charge in [0.25, 0.3) is 0 Å². The van der Waals surface area contributed by atoms with E-state index in [0.29, 0.717) is 17.3 Å². The molecule has 0 bridgehead atoms. The van der Waals surface area contributed by atoms with E-state index in [9.17, 15) is 4.79 Å². The van der Waals surface area contributed by atoms with Crippen molar-refractivity contribution >= 4 is 22.9 Å². The summed E-state index contributed by atoms with van der Waals surface area (Å²) in [6, 6.07) is 9.08. The number of methoxy groups -OCH3 is 1. The van der Waals surface area contributed by atoms with Gasteiger partial charge in [0.1, 0.15) is 12.2 Å². The zero-order valence-corrected chi connectivity index (χ0v) is 12.6. The maximum absolute atomic E-state index is 12.1. The van der Waals surface area contributed by atoms with Gasteiger partial charge in [0.2, 0.25) is 17.7 Å². The lowest BCUT2D eigenvalue weighted by Gasteiger charge is -2.08. The van der Waals surface area contributed by atoms with E-state index in [1.807, 2.05) is 29.0 Å². The SMILES string of the molecule is COc1ccccc1NC(=O)Cc1nnc(-c2ccsc2)o1. The standard InChI is InChI=1S/C15H13N3O3S/c1-20-12-5-3-2-4-11(12)16-13(19)8-14-17-18-15(21-14)10-6-7-22-9-10/h2-7,9H,8H2,1H3,(H,16,19). The molecular formula is C15H13N3O3S. The van der Waals surface area contributed by atoms with Crippen LogP contribution in [-0.4, -0.2) is 23.2 Å². The van der Waals surface area contributed by atoms with E-state index in [0.717, 1.165) is 5.56 Å². The third kappa shape index (κ3) is 3.15. The summed E-state index contributed by atoms with van der Waals surface area (Å²) in [5, 5.41) is 14.4. The molecule has 0 unspecified atom stereocenters. The molecule has 112 valence electrons. The first-order chi connectivity index (χ1) is 10.8. The third-order valence-corrected chi connectivity index (χ3v) is 3.61. The lowest BCUT2D eigenvalue weighted by molar-refractivity contribution is -0.115. The van der Waals surface area contributed by atoms with Crippen molar-refractivity contribution in [2.24, 2.45) is 0 Å². The molecule has 0 aliphatic carbocycles. The van der Waals surface area contributed by atoms with E-state index in [-0.39, 0.29) is 18.2 Å². The minimum absolute atomic E-state index is 0.00911. The Bertz CT molecular complexity index is 768. The number of hydrogen-bond donors (Lipinski definition) is 1. The summed E-state index contributed by atoms with van der Waals surface area (Å²) in [4.78, 5) is 12.1. The van der Waals surface area contributed by atoms with E-state index < -0.39 is 0 Å². The number of ether oxygens (including phenoxy) is 1. The number of aromatic nitrogens is 2. The normalized spacial score (nSPS) is 10.4. The quantitative estimate of drug-likeness (QED) is 0.783. The molecule has 7 heteroatoms. The molecular weight excluding hydrogens is 302 g/mol. The van der Waals surface area contributed by atoms with Gasteiger partial charge in [-0.3, -0.25) is 4.79 Å². The molecule has 0 saturated carbocycles. The zero-order valence-electron chi connectivity index (χ0n) is 11.8. The Labute approximate surface area is 130 Å². The Morgan fingerprint density at radius 3 is 2.95 bits per heavy atom. The summed E-state index contributed by atoms with van der Waals surface area (Å²) < 4.78 is 10.7. The van der Waals surface area contributed by atoms with Crippen molar-refractivity contribution < 1.29 is 13.9 Å². The van der Waals surface area contributed by atoms with Crippen LogP contribution in [-0.2, 0) is 11.2 Å². The second-order valence-corrected chi connectivity index (χ2v) is 5.22. The van der Waals surface area contributed by atoms with Crippen molar-refractivity contribution in [2.75, 3.05) is 12.4 Å². The van der Waals surface area contributed by atoms with Crippen molar-refractivity contribution in [1.29, 1.82) is 0 Å². The van der Waals surface area contributed by atoms with Crippen LogP contribution in [0.25, 0.3) is 11.5 Å². The highest BCUT2D eigenvalue weighted by Crippen LogP contribution is 2.24. The van der Waals surface area contributed by atoms with Crippen LogP contribution in [0.2, 0.25) is 0 Å². The van der Waals surface area contributed by atoms with Crippen LogP contribution in [0.15, 0.2) is 45.5 Å². The molecule has 0 saturated heterocycles. The molecule has 0 fully saturated rings. The Morgan fingerprint density at radius 1 is 1.32 bits per heavy atom. The first-order valence-electron chi connectivity index (χ1n) is 6.54. The molecule has 0 aliphatic heterocycles. The molecule has 6 nitrogen and oxygen atoms in total. The van der Waals surface area contributed by atoms with Crippen molar-refractivity contribution in [2.45, 2.75) is 6.42 Å². The van der Waals surface area contributed by atoms with Gasteiger partial charge < -0.3 is 14.5 Å². The smallest absolute Gasteiger partial charge is 0.248 e. The van der Waals surface area contributed by atoms with Gasteiger partial charge >= 0.3 is 0 Å². The van der Waals surface area contributed by atoms with Gasteiger partial charge in [-0.1, -0.05) is 12.1 Å². The number of carbonyl (C=O) groups is 1. The first kappa shape index (κ1) is 14.3.